The van der Waals surface area contributed by atoms with Gasteiger partial charge >= 0.3 is 6.61 Å². The Morgan fingerprint density at radius 1 is 1.33 bits per heavy atom. The van der Waals surface area contributed by atoms with Gasteiger partial charge in [-0.1, -0.05) is 12.1 Å². The number of halogens is 2. The minimum Gasteiger partial charge on any atom is -0.435 e. The lowest BCUT2D eigenvalue weighted by Crippen LogP contribution is -2.50. The van der Waals surface area contributed by atoms with Crippen molar-refractivity contribution in [2.75, 3.05) is 7.05 Å². The van der Waals surface area contributed by atoms with Crippen molar-refractivity contribution in [3.63, 3.8) is 0 Å². The first-order valence-electron chi connectivity index (χ1n) is 7.43. The molecule has 5 heteroatoms. The van der Waals surface area contributed by atoms with Gasteiger partial charge in [-0.3, -0.25) is 0 Å². The third-order valence-corrected chi connectivity index (χ3v) is 4.87. The van der Waals surface area contributed by atoms with Gasteiger partial charge < -0.3 is 14.7 Å². The molecule has 1 N–H and O–H groups in total. The van der Waals surface area contributed by atoms with Crippen LogP contribution in [0.3, 0.4) is 0 Å². The molecule has 2 unspecified atom stereocenters. The van der Waals surface area contributed by atoms with Crippen LogP contribution in [0.5, 0.6) is 5.75 Å². The Kier molecular flexibility index (Phi) is 3.88. The number of benzene rings is 1. The van der Waals surface area contributed by atoms with Gasteiger partial charge in [-0.15, -0.1) is 0 Å². The predicted octanol–water partition coefficient (Wildman–Crippen LogP) is 2.82. The summed E-state index contributed by atoms with van der Waals surface area (Å²) >= 11 is 0. The molecule has 3 nitrogen and oxygen atoms in total. The molecule has 1 aromatic carbocycles. The second kappa shape index (κ2) is 5.54. The summed E-state index contributed by atoms with van der Waals surface area (Å²) in [5.41, 5.74) is 0.113. The Labute approximate surface area is 123 Å². The molecule has 3 rings (SSSR count). The highest BCUT2D eigenvalue weighted by Gasteiger charge is 2.45. The molecule has 2 fully saturated rings. The van der Waals surface area contributed by atoms with Gasteiger partial charge in [0.1, 0.15) is 5.75 Å². The molecule has 0 aromatic heterocycles. The van der Waals surface area contributed by atoms with E-state index in [4.69, 9.17) is 0 Å². The number of piperidine rings is 1. The largest absolute Gasteiger partial charge is 0.435 e. The molecule has 116 valence electrons. The predicted molar refractivity (Wildman–Crippen MR) is 75.5 cm³/mol. The van der Waals surface area contributed by atoms with E-state index in [1.165, 1.54) is 6.07 Å². The summed E-state index contributed by atoms with van der Waals surface area (Å²) in [6.07, 6.45) is 4.27. The van der Waals surface area contributed by atoms with Gasteiger partial charge in [-0.25, -0.2) is 0 Å². The molecule has 2 saturated heterocycles. The Morgan fingerprint density at radius 2 is 2.00 bits per heavy atom. The number of fused-ring (bicyclic) bond motifs is 2. The van der Waals surface area contributed by atoms with Crippen LogP contribution in [-0.2, 0) is 6.42 Å². The summed E-state index contributed by atoms with van der Waals surface area (Å²) in [6, 6.07) is 7.54. The number of rotatable bonds is 4. The second-order valence-electron chi connectivity index (χ2n) is 6.39. The zero-order valence-corrected chi connectivity index (χ0v) is 12.1. The molecule has 0 spiro atoms. The van der Waals surface area contributed by atoms with Crippen molar-refractivity contribution in [2.45, 2.75) is 56.4 Å². The van der Waals surface area contributed by atoms with E-state index in [0.29, 0.717) is 18.5 Å². The SMILES string of the molecule is CN1C2CCC1CC(O)(Cc1cccc(OC(F)F)c1)C2. The van der Waals surface area contributed by atoms with Crippen molar-refractivity contribution in [1.82, 2.24) is 4.90 Å². The lowest BCUT2D eigenvalue weighted by atomic mass is 9.81. The maximum atomic E-state index is 12.3. The number of alkyl halides is 2. The first-order chi connectivity index (χ1) is 9.95. The number of hydrogen-bond donors (Lipinski definition) is 1. The van der Waals surface area contributed by atoms with Gasteiger partial charge in [0.05, 0.1) is 5.60 Å². The standard InChI is InChI=1S/C16H21F2NO2/c1-19-12-5-6-13(19)10-16(20,9-12)8-11-3-2-4-14(7-11)21-15(17)18/h2-4,7,12-13,15,20H,5-6,8-10H2,1H3. The maximum Gasteiger partial charge on any atom is 0.387 e. The summed E-state index contributed by atoms with van der Waals surface area (Å²) < 4.78 is 29.0. The van der Waals surface area contributed by atoms with E-state index in [1.54, 1.807) is 12.1 Å². The Bertz CT molecular complexity index is 495. The lowest BCUT2D eigenvalue weighted by molar-refractivity contribution is -0.0503. The minimum absolute atomic E-state index is 0.155. The number of nitrogens with zero attached hydrogens (tertiary/aromatic N) is 1. The van der Waals surface area contributed by atoms with Gasteiger partial charge in [-0.2, -0.15) is 8.78 Å². The maximum absolute atomic E-state index is 12.3. The molecule has 2 atom stereocenters. The molecule has 1 aromatic rings. The third-order valence-electron chi connectivity index (χ3n) is 4.87. The van der Waals surface area contributed by atoms with E-state index in [-0.39, 0.29) is 5.75 Å². The normalized spacial score (nSPS) is 32.6. The number of hydrogen-bond acceptors (Lipinski definition) is 3. The first-order valence-corrected chi connectivity index (χ1v) is 7.43. The van der Waals surface area contributed by atoms with Crippen molar-refractivity contribution in [1.29, 1.82) is 0 Å². The van der Waals surface area contributed by atoms with Gasteiger partial charge in [0.2, 0.25) is 0 Å². The third kappa shape index (κ3) is 3.19. The van der Waals surface area contributed by atoms with Crippen LogP contribution < -0.4 is 4.74 Å². The fourth-order valence-electron chi connectivity index (χ4n) is 3.90. The fourth-order valence-corrected chi connectivity index (χ4v) is 3.90. The molecule has 0 amide bonds. The number of ether oxygens (including phenoxy) is 1. The van der Waals surface area contributed by atoms with Crippen LogP contribution >= 0.6 is 0 Å². The minimum atomic E-state index is -2.82. The lowest BCUT2D eigenvalue weighted by Gasteiger charge is -2.42. The quantitative estimate of drug-likeness (QED) is 0.927. The highest BCUT2D eigenvalue weighted by molar-refractivity contribution is 5.30. The number of aliphatic hydroxyl groups is 1. The van der Waals surface area contributed by atoms with Crippen molar-refractivity contribution in [3.8, 4) is 5.75 Å². The van der Waals surface area contributed by atoms with Crippen LogP contribution in [0.2, 0.25) is 0 Å². The van der Waals surface area contributed by atoms with Crippen molar-refractivity contribution in [2.24, 2.45) is 0 Å². The first kappa shape index (κ1) is 14.7. The van der Waals surface area contributed by atoms with Crippen LogP contribution in [0.15, 0.2) is 24.3 Å². The summed E-state index contributed by atoms with van der Waals surface area (Å²) in [4.78, 5) is 2.37. The van der Waals surface area contributed by atoms with Crippen LogP contribution in [0.1, 0.15) is 31.2 Å². The summed E-state index contributed by atoms with van der Waals surface area (Å²) in [6.45, 7) is -2.82. The second-order valence-corrected chi connectivity index (χ2v) is 6.39. The average molecular weight is 297 g/mol. The van der Waals surface area contributed by atoms with E-state index < -0.39 is 12.2 Å². The van der Waals surface area contributed by atoms with Crippen molar-refractivity contribution >= 4 is 0 Å². The molecule has 21 heavy (non-hydrogen) atoms. The molecular weight excluding hydrogens is 276 g/mol. The summed E-state index contributed by atoms with van der Waals surface area (Å²) in [5.74, 6) is 0.155. The van der Waals surface area contributed by atoms with Crippen molar-refractivity contribution < 1.29 is 18.6 Å². The zero-order valence-electron chi connectivity index (χ0n) is 12.1. The Hall–Kier alpha value is -1.20. The molecule has 2 aliphatic heterocycles. The highest BCUT2D eigenvalue weighted by Crippen LogP contribution is 2.41. The van der Waals surface area contributed by atoms with Gasteiger partial charge in [0.25, 0.3) is 0 Å². The molecule has 0 saturated carbocycles. The van der Waals surface area contributed by atoms with E-state index in [9.17, 15) is 13.9 Å². The zero-order chi connectivity index (χ0) is 15.0. The van der Waals surface area contributed by atoms with Gasteiger partial charge in [0, 0.05) is 18.5 Å². The monoisotopic (exact) mass is 297 g/mol. The molecule has 2 bridgehead atoms. The van der Waals surface area contributed by atoms with Gasteiger partial charge in [-0.05, 0) is 50.4 Å². The molecular formula is C16H21F2NO2. The van der Waals surface area contributed by atoms with E-state index >= 15 is 0 Å². The Balaban J connectivity index is 1.71. The van der Waals surface area contributed by atoms with E-state index in [2.05, 4.69) is 16.7 Å². The highest BCUT2D eigenvalue weighted by atomic mass is 19.3. The summed E-state index contributed by atoms with van der Waals surface area (Å²) in [5, 5.41) is 10.9. The molecule has 2 aliphatic rings. The van der Waals surface area contributed by atoms with Crippen LogP contribution in [0, 0.1) is 0 Å². The fraction of sp³-hybridized carbons (Fsp3) is 0.625. The van der Waals surface area contributed by atoms with Gasteiger partial charge in [0.15, 0.2) is 0 Å². The molecule has 0 radical (unpaired) electrons. The van der Waals surface area contributed by atoms with E-state index in [1.807, 2.05) is 6.07 Å². The summed E-state index contributed by atoms with van der Waals surface area (Å²) in [7, 11) is 2.12. The van der Waals surface area contributed by atoms with Crippen molar-refractivity contribution in [3.05, 3.63) is 29.8 Å². The van der Waals surface area contributed by atoms with Crippen LogP contribution in [-0.4, -0.2) is 41.4 Å². The molecule has 2 heterocycles. The Morgan fingerprint density at radius 3 is 2.62 bits per heavy atom. The topological polar surface area (TPSA) is 32.7 Å². The average Bonchev–Trinajstić information content (AvgIpc) is 2.62. The van der Waals surface area contributed by atoms with E-state index in [0.717, 1.165) is 31.2 Å². The smallest absolute Gasteiger partial charge is 0.387 e. The molecule has 0 aliphatic carbocycles. The van der Waals surface area contributed by atoms with Crippen LogP contribution in [0.25, 0.3) is 0 Å². The van der Waals surface area contributed by atoms with Crippen LogP contribution in [0.4, 0.5) is 8.78 Å².